The Morgan fingerprint density at radius 3 is 1.17 bits per heavy atom. The zero-order chi connectivity index (χ0) is 4.50. The van der Waals surface area contributed by atoms with Crippen LogP contribution in [0.4, 0.5) is 0 Å². The van der Waals surface area contributed by atoms with Gasteiger partial charge in [0.2, 0.25) is 0 Å². The van der Waals surface area contributed by atoms with E-state index in [1.54, 1.807) is 0 Å². The first-order chi connectivity index (χ1) is 2.00. The zero-order valence-electron chi connectivity index (χ0n) is 3.88. The van der Waals surface area contributed by atoms with E-state index >= 15 is 0 Å². The van der Waals surface area contributed by atoms with Crippen LogP contribution in [0.1, 0.15) is 0 Å². The minimum atomic E-state index is -0.799. The van der Waals surface area contributed by atoms with Gasteiger partial charge in [0.15, 0.2) is 0 Å². The Hall–Kier alpha value is 1.29. The molecule has 0 aliphatic rings. The summed E-state index contributed by atoms with van der Waals surface area (Å²) in [4.78, 5) is 0. The van der Waals surface area contributed by atoms with E-state index in [-0.39, 0.29) is 18.9 Å². The number of rotatable bonds is 0. The van der Waals surface area contributed by atoms with E-state index in [2.05, 4.69) is 34.9 Å². The summed E-state index contributed by atoms with van der Waals surface area (Å²) in [6.07, 6.45) is 0. The summed E-state index contributed by atoms with van der Waals surface area (Å²) in [6.45, 7) is 5.93. The maximum atomic E-state index is 3.51. The molecule has 0 heterocycles. The molecule has 0 unspecified atom stereocenters. The quantitative estimate of drug-likeness (QED) is 0.373. The molecule has 3 heteroatoms. The average Bonchev–Trinajstić information content (AvgIpc) is 0.722. The molecule has 0 aromatic carbocycles. The van der Waals surface area contributed by atoms with E-state index in [0.717, 1.165) is 0 Å². The van der Waals surface area contributed by atoms with Crippen molar-refractivity contribution in [2.45, 2.75) is 19.6 Å². The molecule has 0 spiro atoms. The molecule has 0 atom stereocenters. The summed E-state index contributed by atoms with van der Waals surface area (Å²) >= 11 is 3.51. The van der Waals surface area contributed by atoms with Crippen molar-refractivity contribution >= 4 is 40.8 Å². The molecule has 34 valence electrons. The fourth-order valence-corrected chi connectivity index (χ4v) is 0. The Balaban J connectivity index is 0. The van der Waals surface area contributed by atoms with E-state index in [1.165, 1.54) is 0 Å². The van der Waals surface area contributed by atoms with Gasteiger partial charge in [-0.25, -0.2) is 0 Å². The van der Waals surface area contributed by atoms with E-state index < -0.39 is 6.69 Å². The maximum absolute atomic E-state index is 3.51. The van der Waals surface area contributed by atoms with Crippen LogP contribution in [0.15, 0.2) is 0 Å². The van der Waals surface area contributed by atoms with Crippen molar-refractivity contribution in [1.82, 2.24) is 0 Å². The third kappa shape index (κ3) is 58.3. The van der Waals surface area contributed by atoms with Gasteiger partial charge in [0.05, 0.1) is 0 Å². The minimum absolute atomic E-state index is 0. The molecule has 0 N–H and O–H groups in total. The van der Waals surface area contributed by atoms with Crippen molar-refractivity contribution in [3.05, 3.63) is 0 Å². The Morgan fingerprint density at radius 1 is 1.17 bits per heavy atom. The molecule has 0 aromatic rings. The molecule has 0 aliphatic carbocycles. The molecule has 0 fully saturated rings. The molecule has 0 aliphatic heterocycles. The molecule has 6 heavy (non-hydrogen) atoms. The topological polar surface area (TPSA) is 0 Å². The molecule has 0 aromatic heterocycles. The van der Waals surface area contributed by atoms with Crippen LogP contribution >= 0.6 is 15.3 Å². The average molecular weight is 161 g/mol. The van der Waals surface area contributed by atoms with Gasteiger partial charge in [-0.3, -0.25) is 0 Å². The molecule has 0 rings (SSSR count). The third-order valence-corrected chi connectivity index (χ3v) is 0. The Bertz CT molecular complexity index is 26.3. The molecule has 0 nitrogen and oxygen atoms in total. The van der Waals surface area contributed by atoms with Crippen LogP contribution in [0, 0.1) is 0 Å². The van der Waals surface area contributed by atoms with E-state index in [0.29, 0.717) is 0 Å². The Labute approximate surface area is 60.5 Å². The third-order valence-electron chi connectivity index (χ3n) is 0. The van der Waals surface area contributed by atoms with Gasteiger partial charge < -0.3 is 0 Å². The van der Waals surface area contributed by atoms with E-state index in [4.69, 9.17) is 0 Å². The summed E-state index contributed by atoms with van der Waals surface area (Å²) in [5, 5.41) is 0. The first-order valence-corrected chi connectivity index (χ1v) is 7.45. The monoisotopic (exact) mass is 160 g/mol. The predicted molar refractivity (Wildman–Crippen MR) is 39.4 cm³/mol. The molecule has 0 amide bonds. The fraction of sp³-hybridized carbons (Fsp3) is 1.00. The summed E-state index contributed by atoms with van der Waals surface area (Å²) in [6, 6.07) is 0. The van der Waals surface area contributed by atoms with Crippen molar-refractivity contribution in [2.24, 2.45) is 0 Å². The van der Waals surface area contributed by atoms with E-state index in [1.807, 2.05) is 0 Å². The SMILES string of the molecule is C[Si](C)(C)Br.[LiH]. The second kappa shape index (κ2) is 3.32. The van der Waals surface area contributed by atoms with Gasteiger partial charge in [0, 0.05) is 0 Å². The molecule has 0 bridgehead atoms. The van der Waals surface area contributed by atoms with Gasteiger partial charge in [0.25, 0.3) is 0 Å². The second-order valence-electron chi connectivity index (χ2n) is 2.07. The van der Waals surface area contributed by atoms with Crippen molar-refractivity contribution in [3.8, 4) is 0 Å². The fourth-order valence-electron chi connectivity index (χ4n) is 0. The first kappa shape index (κ1) is 10.3. The van der Waals surface area contributed by atoms with Crippen LogP contribution in [-0.2, 0) is 0 Å². The second-order valence-corrected chi connectivity index (χ2v) is 13.3. The van der Waals surface area contributed by atoms with Crippen molar-refractivity contribution in [2.75, 3.05) is 0 Å². The van der Waals surface area contributed by atoms with Gasteiger partial charge in [-0.15, -0.1) is 15.3 Å². The van der Waals surface area contributed by atoms with Gasteiger partial charge in [-0.1, -0.05) is 19.6 Å². The standard InChI is InChI=1S/C3H9BrSi.Li.H/c1-5(2,3)4;;/h1-3H3;;. The van der Waals surface area contributed by atoms with Crippen LogP contribution in [0.5, 0.6) is 0 Å². The van der Waals surface area contributed by atoms with Crippen LogP contribution in [-0.4, -0.2) is 25.6 Å². The predicted octanol–water partition coefficient (Wildman–Crippen LogP) is 1.57. The summed E-state index contributed by atoms with van der Waals surface area (Å²) in [5.74, 6) is 0. The van der Waals surface area contributed by atoms with Crippen LogP contribution in [0.25, 0.3) is 0 Å². The van der Waals surface area contributed by atoms with Crippen LogP contribution in [0.2, 0.25) is 19.6 Å². The van der Waals surface area contributed by atoms with Crippen molar-refractivity contribution in [3.63, 3.8) is 0 Å². The van der Waals surface area contributed by atoms with Crippen LogP contribution < -0.4 is 0 Å². The number of halogens is 1. The summed E-state index contributed by atoms with van der Waals surface area (Å²) in [5.41, 5.74) is 0. The number of hydrogen-bond acceptors (Lipinski definition) is 0. The van der Waals surface area contributed by atoms with Crippen molar-refractivity contribution in [1.29, 1.82) is 0 Å². The van der Waals surface area contributed by atoms with Gasteiger partial charge in [-0.2, -0.15) is 0 Å². The summed E-state index contributed by atoms with van der Waals surface area (Å²) in [7, 11) is 0. The van der Waals surface area contributed by atoms with Crippen molar-refractivity contribution < 1.29 is 0 Å². The zero-order valence-corrected chi connectivity index (χ0v) is 6.46. The normalized spacial score (nSPS) is 10.0. The number of hydrogen-bond donors (Lipinski definition) is 0. The van der Waals surface area contributed by atoms with Gasteiger partial charge >= 0.3 is 18.9 Å². The molecule has 0 saturated carbocycles. The Morgan fingerprint density at radius 2 is 1.17 bits per heavy atom. The van der Waals surface area contributed by atoms with Gasteiger partial charge in [-0.05, 0) is 0 Å². The van der Waals surface area contributed by atoms with E-state index in [9.17, 15) is 0 Å². The van der Waals surface area contributed by atoms with Crippen LogP contribution in [0.3, 0.4) is 0 Å². The molecule has 0 radical (unpaired) electrons. The Kier molecular flexibility index (Phi) is 5.70. The molecular formula is C3H10BrLiSi. The molecule has 0 saturated heterocycles. The molecular weight excluding hydrogens is 151 g/mol. The first-order valence-electron chi connectivity index (χ1n) is 1.69. The summed E-state index contributed by atoms with van der Waals surface area (Å²) < 4.78 is 0. The van der Waals surface area contributed by atoms with Gasteiger partial charge in [0.1, 0.15) is 6.69 Å².